The molecule has 10 heteroatoms. The first-order chi connectivity index (χ1) is 14.3. The zero-order chi connectivity index (χ0) is 21.4. The number of aryl methyl sites for hydroxylation is 2. The van der Waals surface area contributed by atoms with Crippen molar-refractivity contribution in [3.8, 4) is 22.5 Å². The topological polar surface area (TPSA) is 124 Å². The van der Waals surface area contributed by atoms with Gasteiger partial charge in [-0.25, -0.2) is 5.21 Å². The molecule has 0 spiro atoms. The van der Waals surface area contributed by atoms with Crippen molar-refractivity contribution in [2.24, 2.45) is 7.05 Å². The van der Waals surface area contributed by atoms with Gasteiger partial charge in [0.05, 0.1) is 10.7 Å². The smallest absolute Gasteiger partial charge is 0.317 e. The third-order valence-electron chi connectivity index (χ3n) is 4.73. The van der Waals surface area contributed by atoms with Crippen LogP contribution >= 0.6 is 11.8 Å². The number of aromatic nitrogens is 4. The zero-order valence-electron chi connectivity index (χ0n) is 16.2. The molecule has 9 nitrogen and oxygen atoms in total. The van der Waals surface area contributed by atoms with E-state index in [1.54, 1.807) is 6.07 Å². The Morgan fingerprint density at radius 2 is 1.93 bits per heavy atom. The van der Waals surface area contributed by atoms with E-state index in [0.29, 0.717) is 16.5 Å². The number of aromatic amines is 1. The monoisotopic (exact) mass is 424 g/mol. The van der Waals surface area contributed by atoms with Gasteiger partial charge in [0, 0.05) is 41.8 Å². The third-order valence-corrected chi connectivity index (χ3v) is 5.58. The van der Waals surface area contributed by atoms with E-state index in [1.165, 1.54) is 6.07 Å². The SMILES string of the molecule is Cc1cn(C)c2ccc(-c3cc(-c4nnc(SCC(=O)O)[nH]4)cc([N+](=O)O)c3)cc12. The summed E-state index contributed by atoms with van der Waals surface area (Å²) in [6.07, 6.45) is 2.05. The molecule has 0 aliphatic rings. The standard InChI is InChI=1S/C20H17N5O4S/c1-11-9-24(2)17-4-3-12(8-16(11)17)13-5-14(7-15(6-13)25(28)29)19-21-20(23-22-19)30-10-18(26)27/h3-9H,10H2,1-2H3,(H2-,21,22,23,26,27,28,29)/p+1. The summed E-state index contributed by atoms with van der Waals surface area (Å²) in [5.41, 5.74) is 4.41. The Morgan fingerprint density at radius 1 is 1.17 bits per heavy atom. The molecule has 0 bridgehead atoms. The van der Waals surface area contributed by atoms with Crippen molar-refractivity contribution in [1.29, 1.82) is 0 Å². The number of aliphatic carboxylic acids is 1. The number of hydrogen-bond donors (Lipinski definition) is 3. The van der Waals surface area contributed by atoms with E-state index in [4.69, 9.17) is 5.11 Å². The number of nitrogens with zero attached hydrogens (tertiary/aromatic N) is 4. The van der Waals surface area contributed by atoms with Crippen molar-refractivity contribution in [1.82, 2.24) is 19.7 Å². The van der Waals surface area contributed by atoms with E-state index in [2.05, 4.69) is 15.2 Å². The second-order valence-corrected chi connectivity index (χ2v) is 7.82. The van der Waals surface area contributed by atoms with E-state index in [1.807, 2.05) is 49.0 Å². The van der Waals surface area contributed by atoms with Gasteiger partial charge in [-0.3, -0.25) is 4.79 Å². The van der Waals surface area contributed by atoms with Gasteiger partial charge in [-0.2, -0.15) is 0 Å². The van der Waals surface area contributed by atoms with Gasteiger partial charge in [0.1, 0.15) is 0 Å². The Bertz CT molecular complexity index is 1290. The number of hydrogen-bond acceptors (Lipinski definition) is 5. The molecule has 2 heterocycles. The first-order valence-electron chi connectivity index (χ1n) is 8.97. The Balaban J connectivity index is 1.78. The van der Waals surface area contributed by atoms with Gasteiger partial charge in [0.25, 0.3) is 4.92 Å². The fourth-order valence-electron chi connectivity index (χ4n) is 3.37. The number of carbonyl (C=O) groups is 1. The van der Waals surface area contributed by atoms with E-state index in [0.717, 1.165) is 39.4 Å². The first-order valence-corrected chi connectivity index (χ1v) is 9.95. The molecule has 0 unspecified atom stereocenters. The van der Waals surface area contributed by atoms with Crippen molar-refractivity contribution in [3.05, 3.63) is 53.1 Å². The van der Waals surface area contributed by atoms with Crippen molar-refractivity contribution < 1.29 is 20.0 Å². The summed E-state index contributed by atoms with van der Waals surface area (Å²) in [6, 6.07) is 10.9. The number of fused-ring (bicyclic) bond motifs is 1. The summed E-state index contributed by atoms with van der Waals surface area (Å²) in [6.45, 7) is 2.03. The van der Waals surface area contributed by atoms with Gasteiger partial charge in [-0.05, 0) is 41.8 Å². The minimum absolute atomic E-state index is 0.0449. The number of carboxylic acids is 1. The van der Waals surface area contributed by atoms with Crippen molar-refractivity contribution >= 4 is 34.3 Å². The molecular formula is C20H18N5O4S+. The molecule has 0 saturated carbocycles. The molecule has 152 valence electrons. The van der Waals surface area contributed by atoms with Gasteiger partial charge in [-0.1, -0.05) is 17.8 Å². The Labute approximate surface area is 174 Å². The normalized spacial score (nSPS) is 11.1. The van der Waals surface area contributed by atoms with Gasteiger partial charge >= 0.3 is 11.7 Å². The lowest BCUT2D eigenvalue weighted by Crippen LogP contribution is -1.97. The number of H-pyrrole nitrogens is 1. The number of thioether (sulfide) groups is 1. The summed E-state index contributed by atoms with van der Waals surface area (Å²) >= 11 is 1.01. The van der Waals surface area contributed by atoms with Crippen LogP contribution in [0.15, 0.2) is 47.8 Å². The molecule has 0 atom stereocenters. The van der Waals surface area contributed by atoms with E-state index >= 15 is 0 Å². The highest BCUT2D eigenvalue weighted by Gasteiger charge is 2.19. The molecule has 0 amide bonds. The number of rotatable bonds is 6. The van der Waals surface area contributed by atoms with Crippen molar-refractivity contribution in [3.63, 3.8) is 0 Å². The molecule has 2 aromatic heterocycles. The molecule has 2 aromatic carbocycles. The summed E-state index contributed by atoms with van der Waals surface area (Å²) in [5.74, 6) is -0.748. The second kappa shape index (κ2) is 7.64. The third kappa shape index (κ3) is 3.77. The lowest BCUT2D eigenvalue weighted by Gasteiger charge is -2.05. The van der Waals surface area contributed by atoms with E-state index in [9.17, 15) is 14.9 Å². The summed E-state index contributed by atoms with van der Waals surface area (Å²) < 4.78 is 2.05. The Kier molecular flexibility index (Phi) is 5.00. The van der Waals surface area contributed by atoms with Crippen LogP contribution in [0.5, 0.6) is 0 Å². The van der Waals surface area contributed by atoms with Crippen molar-refractivity contribution in [2.75, 3.05) is 5.75 Å². The van der Waals surface area contributed by atoms with Crippen LogP contribution < -0.4 is 0 Å². The lowest BCUT2D eigenvalue weighted by molar-refractivity contribution is -0.729. The van der Waals surface area contributed by atoms with Crippen LogP contribution in [0, 0.1) is 11.8 Å². The minimum Gasteiger partial charge on any atom is -0.481 e. The van der Waals surface area contributed by atoms with Crippen LogP contribution in [0.2, 0.25) is 0 Å². The highest BCUT2D eigenvalue weighted by Crippen LogP contribution is 2.33. The van der Waals surface area contributed by atoms with Crippen LogP contribution in [0.1, 0.15) is 5.56 Å². The van der Waals surface area contributed by atoms with Gasteiger partial charge in [0.2, 0.25) is 0 Å². The predicted molar refractivity (Wildman–Crippen MR) is 112 cm³/mol. The van der Waals surface area contributed by atoms with E-state index < -0.39 is 5.97 Å². The lowest BCUT2D eigenvalue weighted by atomic mass is 10.00. The molecule has 3 N–H and O–H groups in total. The molecule has 30 heavy (non-hydrogen) atoms. The number of carboxylic acid groups (broad SMARTS) is 1. The number of benzene rings is 2. The van der Waals surface area contributed by atoms with Crippen molar-refractivity contribution in [2.45, 2.75) is 12.1 Å². The Morgan fingerprint density at radius 3 is 2.67 bits per heavy atom. The molecule has 0 saturated heterocycles. The number of nitrogens with one attached hydrogen (secondary N) is 1. The highest BCUT2D eigenvalue weighted by atomic mass is 32.2. The van der Waals surface area contributed by atoms with Crippen LogP contribution in [0.4, 0.5) is 5.69 Å². The fourth-order valence-corrected chi connectivity index (χ4v) is 3.89. The van der Waals surface area contributed by atoms with Crippen LogP contribution in [0.3, 0.4) is 0 Å². The maximum absolute atomic E-state index is 11.6. The van der Waals surface area contributed by atoms with Gasteiger partial charge in [-0.15, -0.1) is 10.2 Å². The molecule has 0 aliphatic carbocycles. The molecule has 0 radical (unpaired) electrons. The second-order valence-electron chi connectivity index (χ2n) is 6.86. The maximum atomic E-state index is 11.6. The quantitative estimate of drug-likeness (QED) is 0.316. The van der Waals surface area contributed by atoms with Crippen LogP contribution in [-0.4, -0.2) is 46.7 Å². The average Bonchev–Trinajstić information content (AvgIpc) is 3.30. The average molecular weight is 424 g/mol. The van der Waals surface area contributed by atoms with Crippen LogP contribution in [0.25, 0.3) is 33.4 Å². The minimum atomic E-state index is -0.962. The summed E-state index contributed by atoms with van der Waals surface area (Å²) in [4.78, 5) is 25.1. The first kappa shape index (κ1) is 19.6. The highest BCUT2D eigenvalue weighted by molar-refractivity contribution is 7.99. The molecular weight excluding hydrogens is 406 g/mol. The zero-order valence-corrected chi connectivity index (χ0v) is 17.0. The summed E-state index contributed by atoms with van der Waals surface area (Å²) in [5, 5.41) is 27.7. The Hall–Kier alpha value is -3.66. The molecule has 4 rings (SSSR count). The summed E-state index contributed by atoms with van der Waals surface area (Å²) in [7, 11) is 1.98. The van der Waals surface area contributed by atoms with Crippen LogP contribution in [-0.2, 0) is 11.8 Å². The van der Waals surface area contributed by atoms with Gasteiger partial charge < -0.3 is 14.7 Å². The maximum Gasteiger partial charge on any atom is 0.317 e. The largest absolute Gasteiger partial charge is 0.481 e. The van der Waals surface area contributed by atoms with Gasteiger partial charge in [0.15, 0.2) is 11.0 Å². The van der Waals surface area contributed by atoms with E-state index in [-0.39, 0.29) is 16.4 Å². The molecule has 0 aliphatic heterocycles. The molecule has 4 aromatic rings. The fraction of sp³-hybridized carbons (Fsp3) is 0.150. The molecule has 0 fully saturated rings. The predicted octanol–water partition coefficient (Wildman–Crippen LogP) is 3.92.